The molecule has 1 aliphatic heterocycles. The van der Waals surface area contributed by atoms with Crippen LogP contribution in [-0.4, -0.2) is 57.0 Å². The number of halogens is 3. The topological polar surface area (TPSA) is 82.1 Å². The Hall–Kier alpha value is -2.60. The molecule has 0 bridgehead atoms. The first-order chi connectivity index (χ1) is 16.0. The molecule has 0 unspecified atom stereocenters. The zero-order valence-corrected chi connectivity index (χ0v) is 18.6. The number of aryl methyl sites for hydroxylation is 1. The van der Waals surface area contributed by atoms with Gasteiger partial charge in [-0.25, -0.2) is 0 Å². The lowest BCUT2D eigenvalue weighted by Crippen LogP contribution is -2.38. The molecule has 0 N–H and O–H groups in total. The number of thioether (sulfide) groups is 1. The lowest BCUT2D eigenvalue weighted by Gasteiger charge is -2.27. The molecule has 12 heteroatoms. The Bertz CT molecular complexity index is 1090. The summed E-state index contributed by atoms with van der Waals surface area (Å²) in [5.41, 5.74) is -0.457. The van der Waals surface area contributed by atoms with Crippen LogP contribution in [0.4, 0.5) is 19.1 Å². The number of hydrogen-bond acceptors (Lipinski definition) is 8. The summed E-state index contributed by atoms with van der Waals surface area (Å²) in [6.45, 7) is 3.04. The predicted molar refractivity (Wildman–Crippen MR) is 115 cm³/mol. The third-order valence-electron chi connectivity index (χ3n) is 5.53. The quantitative estimate of drug-likeness (QED) is 0.350. The van der Waals surface area contributed by atoms with Crippen molar-refractivity contribution in [1.29, 1.82) is 0 Å². The Morgan fingerprint density at radius 3 is 2.70 bits per heavy atom. The number of ether oxygens (including phenoxy) is 1. The van der Waals surface area contributed by atoms with Crippen molar-refractivity contribution in [2.24, 2.45) is 0 Å². The number of morpholine rings is 1. The van der Waals surface area contributed by atoms with Gasteiger partial charge in [0.05, 0.1) is 18.8 Å². The van der Waals surface area contributed by atoms with Crippen LogP contribution >= 0.6 is 11.8 Å². The smallest absolute Gasteiger partial charge is 0.378 e. The number of nitrogens with zero attached hydrogens (tertiary/aromatic N) is 6. The highest BCUT2D eigenvalue weighted by molar-refractivity contribution is 7.99. The van der Waals surface area contributed by atoms with Gasteiger partial charge in [-0.15, -0.1) is 10.2 Å². The van der Waals surface area contributed by atoms with Crippen LogP contribution < -0.4 is 4.90 Å². The number of alkyl halides is 3. The maximum absolute atomic E-state index is 12.9. The largest absolute Gasteiger partial charge is 0.416 e. The van der Waals surface area contributed by atoms with E-state index in [1.165, 1.54) is 12.1 Å². The molecule has 0 radical (unpaired) electrons. The van der Waals surface area contributed by atoms with Gasteiger partial charge in [-0.1, -0.05) is 29.1 Å². The lowest BCUT2D eigenvalue weighted by molar-refractivity contribution is -0.137. The summed E-state index contributed by atoms with van der Waals surface area (Å²) >= 11 is 1.64. The first-order valence-corrected chi connectivity index (χ1v) is 11.9. The van der Waals surface area contributed by atoms with Crippen molar-refractivity contribution in [2.45, 2.75) is 43.1 Å². The zero-order valence-electron chi connectivity index (χ0n) is 17.8. The van der Waals surface area contributed by atoms with Gasteiger partial charge in [-0.2, -0.15) is 18.2 Å². The van der Waals surface area contributed by atoms with E-state index in [1.807, 2.05) is 0 Å². The maximum atomic E-state index is 12.9. The van der Waals surface area contributed by atoms with Crippen LogP contribution in [0.3, 0.4) is 0 Å². The molecule has 1 saturated carbocycles. The van der Waals surface area contributed by atoms with Crippen molar-refractivity contribution in [3.63, 3.8) is 0 Å². The van der Waals surface area contributed by atoms with E-state index in [2.05, 4.69) is 29.8 Å². The minimum absolute atomic E-state index is 0.160. The van der Waals surface area contributed by atoms with Crippen LogP contribution in [0, 0.1) is 0 Å². The summed E-state index contributed by atoms with van der Waals surface area (Å²) in [6.07, 6.45) is -0.832. The van der Waals surface area contributed by atoms with Gasteiger partial charge in [0.15, 0.2) is 5.16 Å². The van der Waals surface area contributed by atoms with Crippen molar-refractivity contribution in [3.8, 4) is 11.4 Å². The van der Waals surface area contributed by atoms with Crippen LogP contribution in [0.5, 0.6) is 0 Å². The third kappa shape index (κ3) is 5.16. The molecular formula is C21H23F3N6O2S. The summed E-state index contributed by atoms with van der Waals surface area (Å²) in [7, 11) is 0. The van der Waals surface area contributed by atoms with E-state index >= 15 is 0 Å². The Kier molecular flexibility index (Phi) is 6.28. The van der Waals surface area contributed by atoms with Gasteiger partial charge in [0, 0.05) is 36.9 Å². The molecule has 3 aromatic rings. The van der Waals surface area contributed by atoms with Crippen LogP contribution in [-0.2, 0) is 17.3 Å². The molecule has 8 nitrogen and oxygen atoms in total. The average Bonchev–Trinajstić information content (AvgIpc) is 3.39. The Morgan fingerprint density at radius 1 is 1.12 bits per heavy atom. The van der Waals surface area contributed by atoms with Gasteiger partial charge >= 0.3 is 6.18 Å². The molecule has 2 fully saturated rings. The summed E-state index contributed by atoms with van der Waals surface area (Å²) in [4.78, 5) is 6.49. The summed E-state index contributed by atoms with van der Waals surface area (Å²) in [5, 5.41) is 13.6. The number of benzene rings is 1. The molecule has 1 aromatic carbocycles. The van der Waals surface area contributed by atoms with E-state index in [0.29, 0.717) is 31.6 Å². The molecule has 0 amide bonds. The van der Waals surface area contributed by atoms with E-state index in [-0.39, 0.29) is 11.4 Å². The van der Waals surface area contributed by atoms with Crippen molar-refractivity contribution in [3.05, 3.63) is 35.7 Å². The maximum Gasteiger partial charge on any atom is 0.416 e. The zero-order chi connectivity index (χ0) is 22.8. The van der Waals surface area contributed by atoms with Crippen LogP contribution in [0.25, 0.3) is 11.4 Å². The molecule has 176 valence electrons. The summed E-state index contributed by atoms with van der Waals surface area (Å²) in [6, 6.07) is 5.39. The molecular weight excluding hydrogens is 457 g/mol. The highest BCUT2D eigenvalue weighted by Gasteiger charge is 2.32. The molecule has 33 heavy (non-hydrogen) atoms. The molecule has 1 aliphatic carbocycles. The van der Waals surface area contributed by atoms with Crippen LogP contribution in [0.2, 0.25) is 0 Å². The fraction of sp³-hybridized carbons (Fsp3) is 0.524. The molecule has 5 rings (SSSR count). The predicted octanol–water partition coefficient (Wildman–Crippen LogP) is 4.24. The fourth-order valence-electron chi connectivity index (χ4n) is 3.69. The highest BCUT2D eigenvalue weighted by Crippen LogP contribution is 2.41. The molecule has 1 saturated heterocycles. The SMILES string of the molecule is FC(F)(F)c1cccc(-c2noc(CCCSc3nnc(N4CCOCC4)n3C3CC3)n2)c1. The number of aromatic nitrogens is 5. The number of hydrogen-bond donors (Lipinski definition) is 0. The molecule has 3 heterocycles. The molecule has 0 spiro atoms. The minimum atomic E-state index is -4.41. The van der Waals surface area contributed by atoms with E-state index in [1.54, 1.807) is 11.8 Å². The molecule has 2 aliphatic rings. The minimum Gasteiger partial charge on any atom is -0.378 e. The van der Waals surface area contributed by atoms with E-state index in [0.717, 1.165) is 61.3 Å². The van der Waals surface area contributed by atoms with E-state index in [4.69, 9.17) is 9.26 Å². The summed E-state index contributed by atoms with van der Waals surface area (Å²) < 4.78 is 51.7. The van der Waals surface area contributed by atoms with Crippen LogP contribution in [0.15, 0.2) is 33.9 Å². The molecule has 0 atom stereocenters. The van der Waals surface area contributed by atoms with Gasteiger partial charge in [0.1, 0.15) is 0 Å². The summed E-state index contributed by atoms with van der Waals surface area (Å²) in [5.74, 6) is 2.27. The van der Waals surface area contributed by atoms with Gasteiger partial charge in [0.2, 0.25) is 17.7 Å². The average molecular weight is 481 g/mol. The van der Waals surface area contributed by atoms with Crippen molar-refractivity contribution in [1.82, 2.24) is 24.9 Å². The second kappa shape index (κ2) is 9.34. The van der Waals surface area contributed by atoms with E-state index < -0.39 is 11.7 Å². The first kappa shape index (κ1) is 22.2. The van der Waals surface area contributed by atoms with Crippen LogP contribution in [0.1, 0.15) is 36.8 Å². The Morgan fingerprint density at radius 2 is 1.94 bits per heavy atom. The monoisotopic (exact) mass is 480 g/mol. The van der Waals surface area contributed by atoms with Crippen molar-refractivity contribution in [2.75, 3.05) is 37.0 Å². The Balaban J connectivity index is 1.17. The molecule has 2 aromatic heterocycles. The normalized spacial score (nSPS) is 17.0. The van der Waals surface area contributed by atoms with Crippen molar-refractivity contribution >= 4 is 17.7 Å². The highest BCUT2D eigenvalue weighted by atomic mass is 32.2. The fourth-order valence-corrected chi connectivity index (χ4v) is 4.63. The third-order valence-corrected chi connectivity index (χ3v) is 6.56. The second-order valence-electron chi connectivity index (χ2n) is 8.03. The van der Waals surface area contributed by atoms with Gasteiger partial charge in [-0.05, 0) is 31.4 Å². The standard InChI is InChI=1S/C21H23F3N6O2S/c22-21(23,24)15-4-1-3-14(13-15)18-25-17(32-28-18)5-2-12-33-20-27-26-19(30(20)16-6-7-16)29-8-10-31-11-9-29/h1,3-4,13,16H,2,5-12H2. The van der Waals surface area contributed by atoms with Gasteiger partial charge in [0.25, 0.3) is 0 Å². The van der Waals surface area contributed by atoms with Gasteiger partial charge < -0.3 is 14.2 Å². The lowest BCUT2D eigenvalue weighted by atomic mass is 10.1. The van der Waals surface area contributed by atoms with Crippen molar-refractivity contribution < 1.29 is 22.4 Å². The number of anilines is 1. The first-order valence-electron chi connectivity index (χ1n) is 10.9. The Labute approximate surface area is 192 Å². The second-order valence-corrected chi connectivity index (χ2v) is 9.09. The number of rotatable bonds is 8. The van der Waals surface area contributed by atoms with E-state index in [9.17, 15) is 13.2 Å². The van der Waals surface area contributed by atoms with Gasteiger partial charge in [-0.3, -0.25) is 4.57 Å².